The third kappa shape index (κ3) is 5.55. The number of rotatable bonds is 11. The zero-order valence-corrected chi connectivity index (χ0v) is 26.8. The number of aliphatic hydroxyl groups is 1. The normalized spacial score (nSPS) is 20.6. The second kappa shape index (κ2) is 12.2. The van der Waals surface area contributed by atoms with E-state index in [-0.39, 0.29) is 17.6 Å². The summed E-state index contributed by atoms with van der Waals surface area (Å²) in [5.74, 6) is 1.06. The molecule has 0 aromatic heterocycles. The van der Waals surface area contributed by atoms with Crippen LogP contribution in [0.3, 0.4) is 0 Å². The van der Waals surface area contributed by atoms with E-state index in [0.29, 0.717) is 12.8 Å². The zero-order chi connectivity index (χ0) is 29.0. The van der Waals surface area contributed by atoms with Gasteiger partial charge in [-0.2, -0.15) is 0 Å². The minimum atomic E-state index is -2.91. The minimum Gasteiger partial charge on any atom is -0.485 e. The Bertz CT molecular complexity index is 1190. The van der Waals surface area contributed by atoms with Gasteiger partial charge in [0.05, 0.1) is 0 Å². The molecule has 2 unspecified atom stereocenters. The molecule has 1 aliphatic heterocycles. The predicted octanol–water partition coefficient (Wildman–Crippen LogP) is 7.78. The third-order valence-electron chi connectivity index (χ3n) is 9.16. The Labute approximate surface area is 244 Å². The van der Waals surface area contributed by atoms with Gasteiger partial charge in [-0.3, -0.25) is 0 Å². The van der Waals surface area contributed by atoms with Crippen LogP contribution in [0, 0.1) is 0 Å². The summed E-state index contributed by atoms with van der Waals surface area (Å²) in [5.41, 5.74) is 1.27. The van der Waals surface area contributed by atoms with Gasteiger partial charge in [-0.1, -0.05) is 120 Å². The summed E-state index contributed by atoms with van der Waals surface area (Å²) in [6.07, 6.45) is 6.10. The molecule has 0 aliphatic carbocycles. The van der Waals surface area contributed by atoms with E-state index in [0.717, 1.165) is 12.2 Å². The second-order valence-electron chi connectivity index (χ2n) is 13.1. The molecule has 1 heterocycles. The number of aliphatic hydroxyl groups excluding tert-OH is 1. The summed E-state index contributed by atoms with van der Waals surface area (Å²) in [4.78, 5) is 0. The molecule has 3 nitrogen and oxygen atoms in total. The molecular formula is C36H50O3Si. The van der Waals surface area contributed by atoms with E-state index in [1.807, 2.05) is 0 Å². The number of aryl methyl sites for hydroxylation is 1. The maximum Gasteiger partial charge on any atom is 0.262 e. The summed E-state index contributed by atoms with van der Waals surface area (Å²) in [6.45, 7) is 16.1. The van der Waals surface area contributed by atoms with Gasteiger partial charge < -0.3 is 14.3 Å². The number of fused-ring (bicyclic) bond motifs is 1. The monoisotopic (exact) mass is 558 g/mol. The van der Waals surface area contributed by atoms with Crippen molar-refractivity contribution in [2.75, 3.05) is 6.61 Å². The molecule has 0 saturated carbocycles. The van der Waals surface area contributed by atoms with Crippen LogP contribution >= 0.6 is 0 Å². The summed E-state index contributed by atoms with van der Waals surface area (Å²) in [5, 5.41) is 12.5. The summed E-state index contributed by atoms with van der Waals surface area (Å²) in [6, 6.07) is 28.5. The van der Waals surface area contributed by atoms with Crippen LogP contribution in [0.25, 0.3) is 0 Å². The lowest BCUT2D eigenvalue weighted by Crippen LogP contribution is -2.74. The number of hydrogen-bond acceptors (Lipinski definition) is 3. The summed E-state index contributed by atoms with van der Waals surface area (Å²) < 4.78 is 15.0. The van der Waals surface area contributed by atoms with Gasteiger partial charge in [0.2, 0.25) is 0 Å². The Balaban J connectivity index is 1.92. The van der Waals surface area contributed by atoms with Crippen molar-refractivity contribution in [2.45, 2.75) is 109 Å². The highest BCUT2D eigenvalue weighted by Crippen LogP contribution is 2.55. The SMILES string of the molecule is CCCCCc1ccc2c(c1)OC(C)(C)C(CCCO)(O[Si](c1ccccc1)(c1ccccc1)C(C)(C)C)C2C. The minimum absolute atomic E-state index is 0.0733. The van der Waals surface area contributed by atoms with E-state index >= 15 is 0 Å². The first-order chi connectivity index (χ1) is 19.0. The molecule has 0 spiro atoms. The first kappa shape index (κ1) is 30.6. The molecular weight excluding hydrogens is 508 g/mol. The Morgan fingerprint density at radius 3 is 2.00 bits per heavy atom. The fourth-order valence-corrected chi connectivity index (χ4v) is 11.9. The summed E-state index contributed by atoms with van der Waals surface area (Å²) in [7, 11) is -2.91. The molecule has 3 aromatic rings. The quantitative estimate of drug-likeness (QED) is 0.193. The first-order valence-corrected chi connectivity index (χ1v) is 17.2. The van der Waals surface area contributed by atoms with Crippen molar-refractivity contribution in [3.8, 4) is 5.75 Å². The lowest BCUT2D eigenvalue weighted by atomic mass is 9.68. The van der Waals surface area contributed by atoms with E-state index in [1.54, 1.807) is 0 Å². The van der Waals surface area contributed by atoms with E-state index in [4.69, 9.17) is 9.16 Å². The average molecular weight is 559 g/mol. The zero-order valence-electron chi connectivity index (χ0n) is 25.8. The molecule has 216 valence electrons. The average Bonchev–Trinajstić information content (AvgIpc) is 2.93. The fourth-order valence-electron chi connectivity index (χ4n) is 6.94. The molecule has 0 saturated heterocycles. The van der Waals surface area contributed by atoms with E-state index < -0.39 is 19.5 Å². The number of unbranched alkanes of at least 4 members (excludes halogenated alkanes) is 2. The highest BCUT2D eigenvalue weighted by atomic mass is 28.4. The molecule has 1 aliphatic rings. The lowest BCUT2D eigenvalue weighted by molar-refractivity contribution is -0.136. The standard InChI is InChI=1S/C36H50O3Si/c1-8-9-12-18-29-23-24-32-28(2)36(25-17-26-37,35(6,7)38-33(32)27-29)39-40(34(3,4)5,30-19-13-10-14-20-30)31-21-15-11-16-22-31/h10-11,13-16,19-24,27-28,37H,8-9,12,17-18,25-26H2,1-7H3. The van der Waals surface area contributed by atoms with Gasteiger partial charge in [0.15, 0.2) is 0 Å². The fraction of sp³-hybridized carbons (Fsp3) is 0.500. The molecule has 3 aromatic carbocycles. The van der Waals surface area contributed by atoms with Crippen molar-refractivity contribution >= 4 is 18.7 Å². The molecule has 40 heavy (non-hydrogen) atoms. The third-order valence-corrected chi connectivity index (χ3v) is 14.2. The first-order valence-electron chi connectivity index (χ1n) is 15.3. The Hall–Kier alpha value is -2.40. The van der Waals surface area contributed by atoms with Crippen LogP contribution in [0.2, 0.25) is 5.04 Å². The molecule has 4 heteroatoms. The lowest BCUT2D eigenvalue weighted by Gasteiger charge is -2.59. The molecule has 0 fully saturated rings. The molecule has 0 bridgehead atoms. The second-order valence-corrected chi connectivity index (χ2v) is 17.4. The number of benzene rings is 3. The summed E-state index contributed by atoms with van der Waals surface area (Å²) >= 11 is 0. The Morgan fingerprint density at radius 2 is 1.48 bits per heavy atom. The Kier molecular flexibility index (Phi) is 9.34. The van der Waals surface area contributed by atoms with Crippen LogP contribution in [0.15, 0.2) is 78.9 Å². The smallest absolute Gasteiger partial charge is 0.262 e. The van der Waals surface area contributed by atoms with Crippen molar-refractivity contribution in [1.29, 1.82) is 0 Å². The number of hydrogen-bond donors (Lipinski definition) is 1. The highest BCUT2D eigenvalue weighted by Gasteiger charge is 2.62. The van der Waals surface area contributed by atoms with Gasteiger partial charge in [-0.15, -0.1) is 0 Å². The van der Waals surface area contributed by atoms with Gasteiger partial charge in [0.25, 0.3) is 8.32 Å². The van der Waals surface area contributed by atoms with E-state index in [2.05, 4.69) is 127 Å². The maximum absolute atomic E-state index is 10.1. The van der Waals surface area contributed by atoms with E-state index in [1.165, 1.54) is 40.8 Å². The van der Waals surface area contributed by atoms with Crippen molar-refractivity contribution in [1.82, 2.24) is 0 Å². The van der Waals surface area contributed by atoms with Crippen molar-refractivity contribution in [3.05, 3.63) is 90.0 Å². The van der Waals surface area contributed by atoms with Crippen LogP contribution in [0.1, 0.15) is 97.6 Å². The van der Waals surface area contributed by atoms with Gasteiger partial charge >= 0.3 is 0 Å². The predicted molar refractivity (Wildman–Crippen MR) is 171 cm³/mol. The van der Waals surface area contributed by atoms with Crippen LogP contribution in [-0.4, -0.2) is 31.2 Å². The van der Waals surface area contributed by atoms with Crippen molar-refractivity contribution in [3.63, 3.8) is 0 Å². The van der Waals surface area contributed by atoms with Gasteiger partial charge in [-0.05, 0) is 72.1 Å². The maximum atomic E-state index is 10.1. The largest absolute Gasteiger partial charge is 0.485 e. The van der Waals surface area contributed by atoms with Gasteiger partial charge in [0.1, 0.15) is 17.0 Å². The van der Waals surface area contributed by atoms with Crippen LogP contribution in [0.5, 0.6) is 5.75 Å². The molecule has 4 rings (SSSR count). The number of ether oxygens (including phenoxy) is 1. The van der Waals surface area contributed by atoms with Gasteiger partial charge in [0, 0.05) is 12.5 Å². The highest BCUT2D eigenvalue weighted by molar-refractivity contribution is 6.99. The van der Waals surface area contributed by atoms with Gasteiger partial charge in [-0.25, -0.2) is 0 Å². The van der Waals surface area contributed by atoms with Crippen LogP contribution in [0.4, 0.5) is 0 Å². The topological polar surface area (TPSA) is 38.7 Å². The Morgan fingerprint density at radius 1 is 0.875 bits per heavy atom. The van der Waals surface area contributed by atoms with Crippen LogP contribution in [-0.2, 0) is 10.8 Å². The molecule has 1 N–H and O–H groups in total. The molecule has 0 radical (unpaired) electrons. The van der Waals surface area contributed by atoms with Crippen molar-refractivity contribution in [2.24, 2.45) is 0 Å². The molecule has 2 atom stereocenters. The van der Waals surface area contributed by atoms with E-state index in [9.17, 15) is 5.11 Å². The molecule has 0 amide bonds. The van der Waals surface area contributed by atoms with Crippen LogP contribution < -0.4 is 15.1 Å². The van der Waals surface area contributed by atoms with Crippen molar-refractivity contribution < 1.29 is 14.3 Å².